The van der Waals surface area contributed by atoms with Gasteiger partial charge in [-0.25, -0.2) is 0 Å². The van der Waals surface area contributed by atoms with Crippen molar-refractivity contribution in [2.75, 3.05) is 81.6 Å². The molecule has 3 saturated heterocycles. The smallest absolute Gasteiger partial charge is 0.323 e. The van der Waals surface area contributed by atoms with Gasteiger partial charge in [0.05, 0.1) is 61.7 Å². The van der Waals surface area contributed by atoms with Crippen LogP contribution in [-0.4, -0.2) is 151 Å². The summed E-state index contributed by atoms with van der Waals surface area (Å²) in [7, 11) is -1.66. The number of benzene rings is 3. The average molecular weight is 1320 g/mol. The molecule has 3 fully saturated rings. The third kappa shape index (κ3) is 17.5. The summed E-state index contributed by atoms with van der Waals surface area (Å²) in [5, 5.41) is 0. The van der Waals surface area contributed by atoms with Crippen molar-refractivity contribution >= 4 is 17.9 Å². The fraction of sp³-hybridized carbons (Fsp3) is 0.708. The summed E-state index contributed by atoms with van der Waals surface area (Å²) in [6.07, 6.45) is -37.5. The van der Waals surface area contributed by atoms with Crippen LogP contribution >= 0.6 is 0 Å². The van der Waals surface area contributed by atoms with Crippen molar-refractivity contribution in [3.63, 3.8) is 0 Å². The van der Waals surface area contributed by atoms with E-state index in [-0.39, 0.29) is 51.5 Å². The molecule has 504 valence electrons. The van der Waals surface area contributed by atoms with Gasteiger partial charge in [-0.2, -0.15) is 0 Å². The summed E-state index contributed by atoms with van der Waals surface area (Å²) in [6, 6.07) is -16.7. The van der Waals surface area contributed by atoms with E-state index < -0.39 is 319 Å². The van der Waals surface area contributed by atoms with Gasteiger partial charge in [-0.3, -0.25) is 29.1 Å². The second-order valence-electron chi connectivity index (χ2n) is 19.5. The molecule has 90 heavy (non-hydrogen) atoms. The monoisotopic (exact) mass is 1320 g/mol. The molecule has 6 N–H and O–H groups in total. The van der Waals surface area contributed by atoms with E-state index >= 15 is 0 Å². The summed E-state index contributed by atoms with van der Waals surface area (Å²) in [6.45, 7) is -49.0. The van der Waals surface area contributed by atoms with Gasteiger partial charge in [0, 0.05) is 167 Å². The largest absolute Gasteiger partial charge is 0.493 e. The lowest BCUT2D eigenvalue weighted by Gasteiger charge is -2.47. The van der Waals surface area contributed by atoms with Gasteiger partial charge in [0.15, 0.2) is 34.5 Å². The summed E-state index contributed by atoms with van der Waals surface area (Å²) in [4.78, 5) is 42.6. The van der Waals surface area contributed by atoms with Crippen molar-refractivity contribution in [1.29, 1.82) is 0 Å². The summed E-state index contributed by atoms with van der Waals surface area (Å²) < 4.78 is 607. The topological polar surface area (TPSA) is 222 Å². The van der Waals surface area contributed by atoms with Gasteiger partial charge in [-0.15, -0.1) is 0 Å². The number of esters is 3. The number of nitrogens with zero attached hydrogens (tertiary/aromatic N) is 3. The quantitative estimate of drug-likeness (QED) is 0.0666. The third-order valence-corrected chi connectivity index (χ3v) is 13.3. The van der Waals surface area contributed by atoms with Gasteiger partial charge < -0.3 is 59.8 Å². The molecule has 0 spiro atoms. The number of carbonyl (C=O) groups excluding carboxylic acids is 3. The molecule has 3 aromatic carbocycles. The first-order valence-electron chi connectivity index (χ1n) is 60.0. The molecule has 16 atom stereocenters. The molecule has 0 radical (unpaired) electrons. The SMILES string of the molecule is [2H]C([2H])([2H])Oc1cc2c(cc1OC)C1([2H])N(CC2)C([2H])([2H])C([2H])(C([2H])([2H])C([2H])(C)C([2H])([2H])[2H])C(OC(=O)[C@@]([2H])(N)C([2H])(C([2H])([2H])[2H])C([2H])([2H])[2H])C1([2H])[2H].[2H]C([2H])([2H])Oc1cc2c(cc1OC)C1([2H])N(CC2)C([2H])([2H])C([2H])(C([2H])([2H])C([2H])(C)C([2H])([2H])[2H])C([2H])(OC(=O)[C@@]([2H])(N)C([2H])(C([2H])([2H])[2H])C([2H])([2H])[2H])C1([2H])[2H].[2H]C1C2([2H])c3cc(OC)c(OC)cc3CCN2C([2H])([2H])C([2H])(C([2H])([2H])C([2H])(C)C([2H])([2H])[2H])C1([2H])OC(=O)[C@@]([2H])(N)C([2H])(C([2H])([2H])[2H])C([2H])([2H])[2H]. The molecule has 0 aliphatic carbocycles. The van der Waals surface area contributed by atoms with Gasteiger partial charge >= 0.3 is 17.9 Å². The van der Waals surface area contributed by atoms with E-state index in [0.29, 0.717) is 30.6 Å². The molecular formula is C72H114N6O12. The number of methoxy groups -OCH3 is 6. The zero-order valence-electron chi connectivity index (χ0n) is 116. The average Bonchev–Trinajstić information content (AvgIpc) is 0.638. The maximum Gasteiger partial charge on any atom is 0.323 e. The predicted molar refractivity (Wildman–Crippen MR) is 353 cm³/mol. The van der Waals surface area contributed by atoms with E-state index in [4.69, 9.17) is 126 Å². The fourth-order valence-electron chi connectivity index (χ4n) is 9.18. The predicted octanol–water partition coefficient (Wildman–Crippen LogP) is 10.7. The number of rotatable bonds is 21. The van der Waals surface area contributed by atoms with Gasteiger partial charge in [-0.1, -0.05) is 82.4 Å². The molecule has 13 unspecified atom stereocenters. The highest BCUT2D eigenvalue weighted by Crippen LogP contribution is 2.48. The first-order chi connectivity index (χ1) is 68.6. The number of nitrogens with two attached hydrogens (primary N) is 3. The van der Waals surface area contributed by atoms with E-state index in [2.05, 4.69) is 0 Å². The fourth-order valence-corrected chi connectivity index (χ4v) is 9.18. The Hall–Kier alpha value is -5.37. The minimum absolute atomic E-state index is 0.0827. The number of carbonyl (C=O) groups is 3. The van der Waals surface area contributed by atoms with E-state index in [9.17, 15) is 40.4 Å². The minimum Gasteiger partial charge on any atom is -0.493 e. The minimum atomic E-state index is -4.78. The molecule has 6 aliphatic heterocycles. The number of hydrogen-bond donors (Lipinski definition) is 3. The van der Waals surface area contributed by atoms with Crippen LogP contribution in [0.25, 0.3) is 0 Å². The normalized spacial score (nSPS) is 51.4. The van der Waals surface area contributed by atoms with Crippen LogP contribution in [0.5, 0.6) is 34.5 Å². The highest BCUT2D eigenvalue weighted by Gasteiger charge is 2.45. The first kappa shape index (κ1) is 23.8. The molecular weight excluding hydrogens is 1140 g/mol. The van der Waals surface area contributed by atoms with Gasteiger partial charge in [0.2, 0.25) is 0 Å². The van der Waals surface area contributed by atoms with Crippen LogP contribution in [0, 0.1) is 53.0 Å². The molecule has 0 amide bonds. The van der Waals surface area contributed by atoms with Gasteiger partial charge in [0.25, 0.3) is 0 Å². The van der Waals surface area contributed by atoms with Crippen molar-refractivity contribution in [1.82, 2.24) is 14.7 Å². The van der Waals surface area contributed by atoms with Gasteiger partial charge in [-0.05, 0) is 144 Å². The highest BCUT2D eigenvalue weighted by atomic mass is 16.6. The third-order valence-electron chi connectivity index (χ3n) is 13.3. The molecule has 6 aliphatic rings. The van der Waals surface area contributed by atoms with Crippen LogP contribution in [-0.2, 0) is 47.9 Å². The van der Waals surface area contributed by atoms with Crippen LogP contribution in [0.2, 0.25) is 0 Å². The lowest BCUT2D eigenvalue weighted by molar-refractivity contribution is -0.161. The zero-order valence-corrected chi connectivity index (χ0v) is 49.3. The highest BCUT2D eigenvalue weighted by molar-refractivity contribution is 5.77. The van der Waals surface area contributed by atoms with Crippen molar-refractivity contribution in [3.8, 4) is 34.5 Å². The second kappa shape index (κ2) is 32.5. The van der Waals surface area contributed by atoms with E-state index in [1.54, 1.807) is 0 Å². The molecule has 18 heteroatoms. The molecule has 0 saturated carbocycles. The molecule has 18 nitrogen and oxygen atoms in total. The number of piperidine rings is 3. The van der Waals surface area contributed by atoms with Crippen LogP contribution < -0.4 is 45.6 Å². The Morgan fingerprint density at radius 3 is 1.26 bits per heavy atom. The molecule has 6 heterocycles. The number of ether oxygens (including phenoxy) is 9. The molecule has 9 rings (SSSR count). The Labute approximate surface area is 633 Å². The molecule has 3 aromatic rings. The standard InChI is InChI=1S/3C24H38N2O4/c3*1-14(2)9-17-13-26-8-7-16-10-21(28-5)22(29-6)11-18(16)19(26)12-20(17)30-24(27)23(25)15(3)4/h3*10-11,14-15,17,19-20,23H,7-9,12-13,25H2,1-6H3/t3*17?,19?,20?,23-/m000/s1/i1D3,3D3,4D3,5D3,9D2,12D2,13D2,14D,15D,17D,19D,20D,23D;1D3,3D3,4D3,9D2,12D,13D2,14D,15D,17D,19D,20D,23D;1D3,3D3,4D3,5D3,9D2,12D2,13D2,14D,15D,17D,19D,23D/t14?,17?,19?,20?,23-;12?,14?,17?,19?,20?,23-;14?,17?,19?,20?,23-. The molecule has 0 bridgehead atoms. The van der Waals surface area contributed by atoms with Crippen molar-refractivity contribution in [3.05, 3.63) is 69.8 Å². The maximum atomic E-state index is 13.9. The second-order valence-corrected chi connectivity index (χ2v) is 19.5. The Bertz CT molecular complexity index is 5820. The van der Waals surface area contributed by atoms with Crippen molar-refractivity contribution in [2.45, 2.75) is 194 Å². The van der Waals surface area contributed by atoms with Crippen LogP contribution in [0.1, 0.15) is 264 Å². The van der Waals surface area contributed by atoms with E-state index in [1.165, 1.54) is 20.3 Å². The van der Waals surface area contributed by atoms with Crippen molar-refractivity contribution in [2.24, 2.45) is 70.2 Å². The van der Waals surface area contributed by atoms with Crippen molar-refractivity contribution < 1.29 is 149 Å². The summed E-state index contributed by atoms with van der Waals surface area (Å²) in [5.74, 6) is -46.8. The lowest BCUT2D eigenvalue weighted by Crippen LogP contribution is -2.51. The zero-order chi connectivity index (χ0) is 124. The summed E-state index contributed by atoms with van der Waals surface area (Å²) >= 11 is 0. The Morgan fingerprint density at radius 2 is 0.844 bits per heavy atom. The number of hydrogen-bond acceptors (Lipinski definition) is 18. The Kier molecular flexibility index (Phi) is 8.59. The summed E-state index contributed by atoms with van der Waals surface area (Å²) in [5.41, 5.74) is 15.2. The van der Waals surface area contributed by atoms with Crippen LogP contribution in [0.4, 0.5) is 0 Å². The van der Waals surface area contributed by atoms with E-state index in [1.807, 2.05) is 0 Å². The van der Waals surface area contributed by atoms with E-state index in [0.717, 1.165) is 44.6 Å². The molecule has 0 aromatic heterocycles. The van der Waals surface area contributed by atoms with Crippen LogP contribution in [0.15, 0.2) is 36.4 Å². The Morgan fingerprint density at radius 1 is 0.500 bits per heavy atom. The van der Waals surface area contributed by atoms with Gasteiger partial charge in [0.1, 0.15) is 36.3 Å². The number of fused-ring (bicyclic) bond motifs is 9. The maximum absolute atomic E-state index is 13.9. The van der Waals surface area contributed by atoms with Crippen LogP contribution in [0.3, 0.4) is 0 Å². The first-order valence-corrected chi connectivity index (χ1v) is 26.5. The Balaban J connectivity index is 0.000000318. The lowest BCUT2D eigenvalue weighted by atomic mass is 9.79.